The molecule has 0 bridgehead atoms. The monoisotopic (exact) mass is 702 g/mol. The zero-order valence-corrected chi connectivity index (χ0v) is 30.7. The Morgan fingerprint density at radius 1 is 0.739 bits per heavy atom. The van der Waals surface area contributed by atoms with Crippen molar-refractivity contribution in [2.24, 2.45) is 0 Å². The summed E-state index contributed by atoms with van der Waals surface area (Å²) in [6.45, 7) is 12.1. The van der Waals surface area contributed by atoms with Crippen LogP contribution in [0.25, 0.3) is 0 Å². The van der Waals surface area contributed by atoms with Gasteiger partial charge in [0.15, 0.2) is 0 Å². The molecule has 0 spiro atoms. The molecular weight excluding hydrogens is 644 g/mol. The van der Waals surface area contributed by atoms with Crippen molar-refractivity contribution >= 4 is 15.9 Å². The summed E-state index contributed by atoms with van der Waals surface area (Å²) in [6.07, 6.45) is 11.1. The Morgan fingerprint density at radius 3 is 1.96 bits per heavy atom. The number of halogens is 1. The molecule has 1 fully saturated rings. The standard InChI is InChI=1S/C39H59BrO6/c1-6-10-21-42-27-34-37(43-22-11-7-2)39(45-24-13-9-4)38(44-23-12-8-3)36(46-34)33-26-29(35(40)32-16-14-15-31(32)33)25-28-17-19-30(41-5)20-18-28/h17-20,26,34,36-39H,6-16,21-25,27H2,1-5H3/t34-,36?,37-,38+,39+/m1/s1. The quantitative estimate of drug-likeness (QED) is 0.121. The summed E-state index contributed by atoms with van der Waals surface area (Å²) < 4.78 is 40.4. The van der Waals surface area contributed by atoms with E-state index >= 15 is 0 Å². The highest BCUT2D eigenvalue weighted by molar-refractivity contribution is 9.10. The number of hydrogen-bond acceptors (Lipinski definition) is 6. The van der Waals surface area contributed by atoms with Crippen molar-refractivity contribution in [2.75, 3.05) is 40.1 Å². The van der Waals surface area contributed by atoms with Gasteiger partial charge in [-0.15, -0.1) is 0 Å². The molecule has 0 N–H and O–H groups in total. The topological polar surface area (TPSA) is 55.4 Å². The highest BCUT2D eigenvalue weighted by Gasteiger charge is 2.49. The normalized spacial score (nSPS) is 22.7. The van der Waals surface area contributed by atoms with Gasteiger partial charge in [0.1, 0.15) is 36.3 Å². The largest absolute Gasteiger partial charge is 0.497 e. The SMILES string of the molecule is CCCCOC[C@H]1OC(c2cc(Cc3ccc(OC)cc3)c(Br)c3c2CCC3)[C@H](OCCCC)[C@@H](OCCCC)[C@@H]1OCCCC. The summed E-state index contributed by atoms with van der Waals surface area (Å²) in [7, 11) is 1.71. The molecule has 1 aliphatic heterocycles. The van der Waals surface area contributed by atoms with Gasteiger partial charge in [-0.3, -0.25) is 0 Å². The molecule has 1 unspecified atom stereocenters. The first-order valence-corrected chi connectivity index (χ1v) is 18.9. The van der Waals surface area contributed by atoms with E-state index in [4.69, 9.17) is 28.4 Å². The number of unbranched alkanes of at least 4 members (excludes halogenated alkanes) is 4. The van der Waals surface area contributed by atoms with Crippen molar-refractivity contribution in [1.29, 1.82) is 0 Å². The van der Waals surface area contributed by atoms with Crippen molar-refractivity contribution in [2.45, 2.75) is 135 Å². The van der Waals surface area contributed by atoms with E-state index in [-0.39, 0.29) is 30.5 Å². The molecule has 4 rings (SSSR count). The molecule has 2 aromatic carbocycles. The molecule has 1 aliphatic carbocycles. The van der Waals surface area contributed by atoms with Gasteiger partial charge >= 0.3 is 0 Å². The van der Waals surface area contributed by atoms with E-state index in [1.54, 1.807) is 7.11 Å². The summed E-state index contributed by atoms with van der Waals surface area (Å²) in [5.74, 6) is 0.872. The van der Waals surface area contributed by atoms with E-state index in [1.807, 2.05) is 12.1 Å². The van der Waals surface area contributed by atoms with Crippen LogP contribution in [-0.2, 0) is 42.9 Å². The fraction of sp³-hybridized carbons (Fsp3) is 0.692. The first-order chi connectivity index (χ1) is 22.6. The van der Waals surface area contributed by atoms with Crippen LogP contribution in [0.15, 0.2) is 34.8 Å². The Kier molecular flexibility index (Phi) is 16.3. The van der Waals surface area contributed by atoms with Crippen molar-refractivity contribution in [3.8, 4) is 5.75 Å². The zero-order chi connectivity index (χ0) is 32.7. The molecule has 0 saturated carbocycles. The molecule has 1 saturated heterocycles. The molecule has 0 amide bonds. The molecule has 7 heteroatoms. The number of ether oxygens (including phenoxy) is 6. The van der Waals surface area contributed by atoms with Crippen LogP contribution in [0.2, 0.25) is 0 Å². The van der Waals surface area contributed by atoms with Crippen LogP contribution >= 0.6 is 15.9 Å². The lowest BCUT2D eigenvalue weighted by Gasteiger charge is -2.47. The first kappa shape index (κ1) is 37.3. The van der Waals surface area contributed by atoms with Gasteiger partial charge in [0.25, 0.3) is 0 Å². The Balaban J connectivity index is 1.76. The molecular formula is C39H59BrO6. The predicted molar refractivity (Wildman–Crippen MR) is 189 cm³/mol. The van der Waals surface area contributed by atoms with E-state index in [0.29, 0.717) is 26.4 Å². The maximum Gasteiger partial charge on any atom is 0.118 e. The molecule has 2 aromatic rings. The van der Waals surface area contributed by atoms with Gasteiger partial charge in [0.2, 0.25) is 0 Å². The lowest BCUT2D eigenvalue weighted by Crippen LogP contribution is -2.58. The maximum absolute atomic E-state index is 7.19. The lowest BCUT2D eigenvalue weighted by atomic mass is 9.86. The van der Waals surface area contributed by atoms with Crippen molar-refractivity contribution < 1.29 is 28.4 Å². The summed E-state index contributed by atoms with van der Waals surface area (Å²) in [5.41, 5.74) is 6.59. The van der Waals surface area contributed by atoms with E-state index in [2.05, 4.69) is 61.8 Å². The molecule has 5 atom stereocenters. The van der Waals surface area contributed by atoms with Crippen LogP contribution < -0.4 is 4.74 Å². The first-order valence-electron chi connectivity index (χ1n) is 18.1. The number of rotatable bonds is 21. The molecule has 2 aliphatic rings. The van der Waals surface area contributed by atoms with E-state index < -0.39 is 0 Å². The minimum absolute atomic E-state index is 0.246. The molecule has 6 nitrogen and oxygen atoms in total. The summed E-state index contributed by atoms with van der Waals surface area (Å²) in [4.78, 5) is 0. The average molecular weight is 704 g/mol. The smallest absolute Gasteiger partial charge is 0.118 e. The van der Waals surface area contributed by atoms with E-state index in [0.717, 1.165) is 89.4 Å². The van der Waals surface area contributed by atoms with Gasteiger partial charge in [0, 0.05) is 30.9 Å². The average Bonchev–Trinajstić information content (AvgIpc) is 3.57. The number of methoxy groups -OCH3 is 1. The Morgan fingerprint density at radius 2 is 1.33 bits per heavy atom. The van der Waals surface area contributed by atoms with Gasteiger partial charge in [-0.25, -0.2) is 0 Å². The van der Waals surface area contributed by atoms with Crippen molar-refractivity contribution in [3.63, 3.8) is 0 Å². The molecule has 46 heavy (non-hydrogen) atoms. The van der Waals surface area contributed by atoms with Gasteiger partial charge in [0.05, 0.1) is 13.7 Å². The highest BCUT2D eigenvalue weighted by atomic mass is 79.9. The second-order valence-corrected chi connectivity index (χ2v) is 13.7. The third-order valence-corrected chi connectivity index (χ3v) is 10.3. The van der Waals surface area contributed by atoms with Gasteiger partial charge in [-0.2, -0.15) is 0 Å². The minimum Gasteiger partial charge on any atom is -0.497 e. The Hall–Kier alpha value is -1.48. The Bertz CT molecular complexity index is 1150. The number of hydrogen-bond donors (Lipinski definition) is 0. The van der Waals surface area contributed by atoms with Crippen LogP contribution in [0.3, 0.4) is 0 Å². The van der Waals surface area contributed by atoms with Gasteiger partial charge < -0.3 is 28.4 Å². The second-order valence-electron chi connectivity index (χ2n) is 12.9. The fourth-order valence-corrected chi connectivity index (χ4v) is 7.28. The fourth-order valence-electron chi connectivity index (χ4n) is 6.59. The highest BCUT2D eigenvalue weighted by Crippen LogP contribution is 2.44. The van der Waals surface area contributed by atoms with Crippen LogP contribution in [0.1, 0.15) is 119 Å². The molecule has 0 radical (unpaired) electrons. The summed E-state index contributed by atoms with van der Waals surface area (Å²) in [5, 5.41) is 0. The predicted octanol–water partition coefficient (Wildman–Crippen LogP) is 9.35. The second kappa shape index (κ2) is 20.1. The van der Waals surface area contributed by atoms with Crippen molar-refractivity contribution in [1.82, 2.24) is 0 Å². The van der Waals surface area contributed by atoms with Crippen LogP contribution in [0.5, 0.6) is 5.75 Å². The third-order valence-electron chi connectivity index (χ3n) is 9.29. The third kappa shape index (κ3) is 10.0. The van der Waals surface area contributed by atoms with Crippen LogP contribution in [0.4, 0.5) is 0 Å². The maximum atomic E-state index is 7.19. The number of benzene rings is 2. The summed E-state index contributed by atoms with van der Waals surface area (Å²) >= 11 is 4.04. The van der Waals surface area contributed by atoms with Gasteiger partial charge in [-0.05, 0) is 91.3 Å². The van der Waals surface area contributed by atoms with Crippen LogP contribution in [-0.4, -0.2) is 64.6 Å². The lowest BCUT2D eigenvalue weighted by molar-refractivity contribution is -0.268. The summed E-state index contributed by atoms with van der Waals surface area (Å²) in [6, 6.07) is 10.8. The van der Waals surface area contributed by atoms with E-state index in [1.165, 1.54) is 32.3 Å². The molecule has 258 valence electrons. The molecule has 1 heterocycles. The zero-order valence-electron chi connectivity index (χ0n) is 29.1. The number of fused-ring (bicyclic) bond motifs is 1. The van der Waals surface area contributed by atoms with Crippen molar-refractivity contribution in [3.05, 3.63) is 62.6 Å². The molecule has 0 aromatic heterocycles. The van der Waals surface area contributed by atoms with E-state index in [9.17, 15) is 0 Å². The van der Waals surface area contributed by atoms with Gasteiger partial charge in [-0.1, -0.05) is 87.5 Å². The van der Waals surface area contributed by atoms with Crippen LogP contribution in [0, 0.1) is 0 Å². The Labute approximate surface area is 287 Å². The minimum atomic E-state index is -0.276.